The molecule has 7 nitrogen and oxygen atoms in total. The predicted octanol–water partition coefficient (Wildman–Crippen LogP) is 1.35. The lowest BCUT2D eigenvalue weighted by molar-refractivity contribution is 0.0602. The average Bonchev–Trinajstić information content (AvgIpc) is 2.76. The van der Waals surface area contributed by atoms with E-state index in [-0.39, 0.29) is 11.3 Å². The lowest BCUT2D eigenvalue weighted by atomic mass is 10.2. The average molecular weight is 265 g/mol. The highest BCUT2D eigenvalue weighted by Gasteiger charge is 2.14. The van der Waals surface area contributed by atoms with Crippen molar-refractivity contribution in [3.8, 4) is 0 Å². The van der Waals surface area contributed by atoms with E-state index in [1.54, 1.807) is 6.92 Å². The fraction of sp³-hybridized carbons (Fsp3) is 0.200. The summed E-state index contributed by atoms with van der Waals surface area (Å²) < 4.78 is 8.65. The molecule has 0 aromatic carbocycles. The van der Waals surface area contributed by atoms with Gasteiger partial charge in [0, 0.05) is 17.7 Å². The molecule has 0 saturated carbocycles. The number of rotatable bonds is 3. The molecule has 2 heterocycles. The van der Waals surface area contributed by atoms with Crippen LogP contribution in [0.2, 0.25) is 0 Å². The first-order valence-corrected chi connectivity index (χ1v) is 5.79. The highest BCUT2D eigenvalue weighted by Crippen LogP contribution is 2.25. The Morgan fingerprint density at radius 2 is 2.33 bits per heavy atom. The van der Waals surface area contributed by atoms with Gasteiger partial charge in [-0.1, -0.05) is 0 Å². The fourth-order valence-electron chi connectivity index (χ4n) is 1.31. The minimum Gasteiger partial charge on any atom is -0.465 e. The van der Waals surface area contributed by atoms with Crippen molar-refractivity contribution in [3.63, 3.8) is 0 Å². The highest BCUT2D eigenvalue weighted by atomic mass is 32.1. The highest BCUT2D eigenvalue weighted by molar-refractivity contribution is 7.09. The third-order valence-corrected chi connectivity index (χ3v) is 2.87. The van der Waals surface area contributed by atoms with E-state index in [4.69, 9.17) is 5.73 Å². The summed E-state index contributed by atoms with van der Waals surface area (Å²) in [5.74, 6) is 0.505. The van der Waals surface area contributed by atoms with Gasteiger partial charge < -0.3 is 15.8 Å². The quantitative estimate of drug-likeness (QED) is 0.807. The summed E-state index contributed by atoms with van der Waals surface area (Å²) in [7, 11) is 1.30. The number of nitrogens with one attached hydrogen (secondary N) is 1. The minimum atomic E-state index is -0.508. The molecule has 0 saturated heterocycles. The summed E-state index contributed by atoms with van der Waals surface area (Å²) in [6.45, 7) is 1.78. The Balaban J connectivity index is 2.31. The Bertz CT molecular complexity index is 583. The van der Waals surface area contributed by atoms with Crippen LogP contribution in [-0.4, -0.2) is 27.4 Å². The number of nitrogens with zero attached hydrogens (tertiary/aromatic N) is 3. The number of carbonyl (C=O) groups is 1. The maximum atomic E-state index is 11.5. The van der Waals surface area contributed by atoms with Crippen LogP contribution in [0.15, 0.2) is 12.3 Å². The first kappa shape index (κ1) is 12.2. The summed E-state index contributed by atoms with van der Waals surface area (Å²) in [6.07, 6.45) is 1.47. The second-order valence-corrected chi connectivity index (χ2v) is 4.14. The molecule has 2 aromatic rings. The van der Waals surface area contributed by atoms with Gasteiger partial charge in [-0.05, 0) is 13.0 Å². The maximum Gasteiger partial charge on any atom is 0.340 e. The summed E-state index contributed by atoms with van der Waals surface area (Å²) in [5.41, 5.74) is 6.33. The standard InChI is InChI=1S/C10H11N5O2S/c1-5-13-10(18-15-5)14-8-7(11)6(3-4-12-8)9(16)17-2/h3-4H,11H2,1-2H3,(H,12,13,14,15). The van der Waals surface area contributed by atoms with Crippen molar-refractivity contribution < 1.29 is 9.53 Å². The lowest BCUT2D eigenvalue weighted by Crippen LogP contribution is -2.08. The van der Waals surface area contributed by atoms with Crippen LogP contribution in [0.5, 0.6) is 0 Å². The number of ether oxygens (including phenoxy) is 1. The van der Waals surface area contributed by atoms with Crippen molar-refractivity contribution in [1.82, 2.24) is 14.3 Å². The Morgan fingerprint density at radius 1 is 1.56 bits per heavy atom. The third-order valence-electron chi connectivity index (χ3n) is 2.15. The normalized spacial score (nSPS) is 10.1. The Hall–Kier alpha value is -2.22. The van der Waals surface area contributed by atoms with Gasteiger partial charge in [-0.2, -0.15) is 4.37 Å². The van der Waals surface area contributed by atoms with Crippen LogP contribution in [-0.2, 0) is 4.74 Å². The minimum absolute atomic E-state index is 0.220. The van der Waals surface area contributed by atoms with E-state index < -0.39 is 5.97 Å². The summed E-state index contributed by atoms with van der Waals surface area (Å²) in [5, 5.41) is 3.48. The zero-order valence-electron chi connectivity index (χ0n) is 9.80. The number of nitrogen functional groups attached to an aromatic ring is 1. The van der Waals surface area contributed by atoms with Gasteiger partial charge in [0.1, 0.15) is 5.82 Å². The number of hydrogen-bond donors (Lipinski definition) is 2. The molecule has 8 heteroatoms. The van der Waals surface area contributed by atoms with Crippen LogP contribution >= 0.6 is 11.5 Å². The third kappa shape index (κ3) is 2.38. The molecule has 2 aromatic heterocycles. The van der Waals surface area contributed by atoms with Crippen molar-refractivity contribution >= 4 is 34.1 Å². The smallest absolute Gasteiger partial charge is 0.340 e. The molecule has 0 atom stereocenters. The Labute approximate surface area is 107 Å². The molecule has 0 aliphatic rings. The Kier molecular flexibility index (Phi) is 3.38. The SMILES string of the molecule is COC(=O)c1ccnc(Nc2nc(C)ns2)c1N. The van der Waals surface area contributed by atoms with E-state index in [2.05, 4.69) is 24.4 Å². The summed E-state index contributed by atoms with van der Waals surface area (Å²) >= 11 is 1.19. The largest absolute Gasteiger partial charge is 0.465 e. The molecule has 94 valence electrons. The van der Waals surface area contributed by atoms with E-state index >= 15 is 0 Å². The number of esters is 1. The second kappa shape index (κ2) is 4.96. The first-order chi connectivity index (χ1) is 8.61. The topological polar surface area (TPSA) is 103 Å². The van der Waals surface area contributed by atoms with Gasteiger partial charge >= 0.3 is 5.97 Å². The Morgan fingerprint density at radius 3 is 2.94 bits per heavy atom. The number of aryl methyl sites for hydroxylation is 1. The van der Waals surface area contributed by atoms with E-state index in [0.29, 0.717) is 16.8 Å². The van der Waals surface area contributed by atoms with Crippen LogP contribution in [0.3, 0.4) is 0 Å². The van der Waals surface area contributed by atoms with E-state index in [9.17, 15) is 4.79 Å². The summed E-state index contributed by atoms with van der Waals surface area (Å²) in [4.78, 5) is 19.6. The molecule has 0 radical (unpaired) electrons. The first-order valence-electron chi connectivity index (χ1n) is 5.02. The molecule has 0 bridgehead atoms. The van der Waals surface area contributed by atoms with Crippen molar-refractivity contribution in [1.29, 1.82) is 0 Å². The van der Waals surface area contributed by atoms with Crippen LogP contribution < -0.4 is 11.1 Å². The molecule has 0 unspecified atom stereocenters. The number of methoxy groups -OCH3 is 1. The monoisotopic (exact) mass is 265 g/mol. The molecule has 18 heavy (non-hydrogen) atoms. The number of pyridine rings is 1. The summed E-state index contributed by atoms with van der Waals surface area (Å²) in [6, 6.07) is 1.50. The number of nitrogens with two attached hydrogens (primary N) is 1. The van der Waals surface area contributed by atoms with Crippen molar-refractivity contribution in [2.75, 3.05) is 18.2 Å². The van der Waals surface area contributed by atoms with Gasteiger partial charge in [0.15, 0.2) is 5.82 Å². The van der Waals surface area contributed by atoms with Gasteiger partial charge in [-0.25, -0.2) is 14.8 Å². The molecule has 0 fully saturated rings. The number of anilines is 3. The number of carbonyl (C=O) groups excluding carboxylic acids is 1. The van der Waals surface area contributed by atoms with Gasteiger partial charge in [0.25, 0.3) is 0 Å². The van der Waals surface area contributed by atoms with Crippen LogP contribution in [0.25, 0.3) is 0 Å². The van der Waals surface area contributed by atoms with Gasteiger partial charge in [0.2, 0.25) is 5.13 Å². The molecule has 0 aliphatic carbocycles. The van der Waals surface area contributed by atoms with Crippen LogP contribution in [0.1, 0.15) is 16.2 Å². The number of aromatic nitrogens is 3. The molecular weight excluding hydrogens is 254 g/mol. The molecule has 2 rings (SSSR count). The lowest BCUT2D eigenvalue weighted by Gasteiger charge is -2.08. The van der Waals surface area contributed by atoms with Gasteiger partial charge in [-0.15, -0.1) is 0 Å². The van der Waals surface area contributed by atoms with E-state index in [1.165, 1.54) is 30.9 Å². The van der Waals surface area contributed by atoms with Crippen molar-refractivity contribution in [2.24, 2.45) is 0 Å². The number of hydrogen-bond acceptors (Lipinski definition) is 8. The molecule has 0 amide bonds. The van der Waals surface area contributed by atoms with Crippen LogP contribution in [0, 0.1) is 6.92 Å². The van der Waals surface area contributed by atoms with Gasteiger partial charge in [-0.3, -0.25) is 0 Å². The molecule has 3 N–H and O–H groups in total. The molecule has 0 spiro atoms. The van der Waals surface area contributed by atoms with Crippen molar-refractivity contribution in [2.45, 2.75) is 6.92 Å². The zero-order chi connectivity index (χ0) is 13.1. The molecule has 0 aliphatic heterocycles. The zero-order valence-corrected chi connectivity index (χ0v) is 10.6. The predicted molar refractivity (Wildman–Crippen MR) is 67.9 cm³/mol. The molecular formula is C10H11N5O2S. The second-order valence-electron chi connectivity index (χ2n) is 3.38. The van der Waals surface area contributed by atoms with Crippen LogP contribution in [0.4, 0.5) is 16.6 Å². The van der Waals surface area contributed by atoms with Gasteiger partial charge in [0.05, 0.1) is 18.4 Å². The maximum absolute atomic E-state index is 11.5. The van der Waals surface area contributed by atoms with Crippen molar-refractivity contribution in [3.05, 3.63) is 23.7 Å². The van der Waals surface area contributed by atoms with E-state index in [0.717, 1.165) is 0 Å². The van der Waals surface area contributed by atoms with E-state index in [1.807, 2.05) is 0 Å². The fourth-order valence-corrected chi connectivity index (χ4v) is 1.88.